The third-order valence-corrected chi connectivity index (χ3v) is 4.74. The average Bonchev–Trinajstić information content (AvgIpc) is 3.15. The van der Waals surface area contributed by atoms with Crippen molar-refractivity contribution in [1.29, 1.82) is 0 Å². The lowest BCUT2D eigenvalue weighted by atomic mass is 10.1. The number of halogens is 2. The predicted molar refractivity (Wildman–Crippen MR) is 93.6 cm³/mol. The first-order valence-corrected chi connectivity index (χ1v) is 8.66. The van der Waals surface area contributed by atoms with Gasteiger partial charge < -0.3 is 9.64 Å². The van der Waals surface area contributed by atoms with Gasteiger partial charge in [0.15, 0.2) is 0 Å². The van der Waals surface area contributed by atoms with Gasteiger partial charge in [-0.3, -0.25) is 4.90 Å². The molecular formula is C17H22Cl2N2O2. The fourth-order valence-electron chi connectivity index (χ4n) is 3.09. The van der Waals surface area contributed by atoms with E-state index in [1.54, 1.807) is 6.07 Å². The second-order valence-corrected chi connectivity index (χ2v) is 8.28. The maximum atomic E-state index is 12.5. The molecule has 0 N–H and O–H groups in total. The van der Waals surface area contributed by atoms with Gasteiger partial charge >= 0.3 is 6.09 Å². The summed E-state index contributed by atoms with van der Waals surface area (Å²) in [6, 6.07) is 5.58. The second kappa shape index (κ2) is 5.75. The smallest absolute Gasteiger partial charge is 0.410 e. The van der Waals surface area contributed by atoms with Crippen LogP contribution in [0, 0.1) is 0 Å². The number of benzene rings is 1. The molecular weight excluding hydrogens is 335 g/mol. The quantitative estimate of drug-likeness (QED) is 0.737. The van der Waals surface area contributed by atoms with Crippen LogP contribution in [0.3, 0.4) is 0 Å². The molecule has 1 aliphatic carbocycles. The van der Waals surface area contributed by atoms with Crippen LogP contribution in [0.2, 0.25) is 10.0 Å². The molecule has 2 fully saturated rings. The number of amides is 1. The summed E-state index contributed by atoms with van der Waals surface area (Å²) in [6.07, 6.45) is 1.81. The normalized spacial score (nSPS) is 19.9. The lowest BCUT2D eigenvalue weighted by Crippen LogP contribution is -2.58. The zero-order valence-electron chi connectivity index (χ0n) is 13.7. The van der Waals surface area contributed by atoms with E-state index in [4.69, 9.17) is 27.9 Å². The van der Waals surface area contributed by atoms with E-state index in [9.17, 15) is 4.79 Å². The Morgan fingerprint density at radius 3 is 2.26 bits per heavy atom. The van der Waals surface area contributed by atoms with Crippen molar-refractivity contribution in [2.45, 2.75) is 44.8 Å². The lowest BCUT2D eigenvalue weighted by molar-refractivity contribution is 0.0106. The van der Waals surface area contributed by atoms with Gasteiger partial charge in [0.2, 0.25) is 0 Å². The van der Waals surface area contributed by atoms with Crippen molar-refractivity contribution in [1.82, 2.24) is 4.90 Å². The summed E-state index contributed by atoms with van der Waals surface area (Å²) in [5.41, 5.74) is 0.442. The molecule has 1 aliphatic heterocycles. The number of hydrogen-bond acceptors (Lipinski definition) is 3. The highest BCUT2D eigenvalue weighted by Crippen LogP contribution is 2.46. The van der Waals surface area contributed by atoms with Gasteiger partial charge in [0, 0.05) is 35.4 Å². The van der Waals surface area contributed by atoms with E-state index in [0.29, 0.717) is 16.6 Å². The first-order valence-electron chi connectivity index (χ1n) is 7.90. The van der Waals surface area contributed by atoms with Gasteiger partial charge in [0.1, 0.15) is 5.60 Å². The molecule has 1 amide bonds. The van der Waals surface area contributed by atoms with Crippen molar-refractivity contribution in [2.24, 2.45) is 0 Å². The van der Waals surface area contributed by atoms with Crippen LogP contribution in [0.25, 0.3) is 0 Å². The molecule has 1 aromatic rings. The zero-order valence-corrected chi connectivity index (χ0v) is 15.2. The fraction of sp³-hybridized carbons (Fsp3) is 0.588. The molecule has 0 aromatic heterocycles. The zero-order chi connectivity index (χ0) is 16.8. The molecule has 0 bridgehead atoms. The van der Waals surface area contributed by atoms with Crippen molar-refractivity contribution in [2.75, 3.05) is 24.5 Å². The van der Waals surface area contributed by atoms with Gasteiger partial charge in [-0.2, -0.15) is 0 Å². The van der Waals surface area contributed by atoms with E-state index in [0.717, 1.165) is 31.6 Å². The summed E-state index contributed by atoms with van der Waals surface area (Å²) >= 11 is 12.2. The van der Waals surface area contributed by atoms with Crippen molar-refractivity contribution in [3.8, 4) is 0 Å². The molecule has 3 rings (SSSR count). The molecule has 1 spiro atoms. The minimum Gasteiger partial charge on any atom is -0.444 e. The monoisotopic (exact) mass is 356 g/mol. The summed E-state index contributed by atoms with van der Waals surface area (Å²) in [7, 11) is 0. The van der Waals surface area contributed by atoms with Gasteiger partial charge in [-0.25, -0.2) is 4.79 Å². The minimum atomic E-state index is -0.467. The van der Waals surface area contributed by atoms with E-state index < -0.39 is 5.60 Å². The largest absolute Gasteiger partial charge is 0.444 e. The Morgan fingerprint density at radius 2 is 1.74 bits per heavy atom. The van der Waals surface area contributed by atoms with Gasteiger partial charge in [-0.05, 0) is 51.8 Å². The number of anilines is 1. The topological polar surface area (TPSA) is 32.8 Å². The van der Waals surface area contributed by atoms with Crippen LogP contribution in [0.5, 0.6) is 0 Å². The van der Waals surface area contributed by atoms with Gasteiger partial charge in [-0.15, -0.1) is 0 Å². The number of rotatable bonds is 1. The third-order valence-electron chi connectivity index (χ3n) is 4.30. The molecule has 0 atom stereocenters. The van der Waals surface area contributed by atoms with Crippen LogP contribution in [-0.2, 0) is 4.74 Å². The van der Waals surface area contributed by atoms with Crippen molar-refractivity contribution < 1.29 is 9.53 Å². The number of ether oxygens (including phenoxy) is 1. The average molecular weight is 357 g/mol. The fourth-order valence-corrected chi connectivity index (χ4v) is 3.61. The van der Waals surface area contributed by atoms with Crippen LogP contribution >= 0.6 is 23.2 Å². The second-order valence-electron chi connectivity index (χ2n) is 7.41. The molecule has 1 heterocycles. The molecule has 0 radical (unpaired) electrons. The summed E-state index contributed by atoms with van der Waals surface area (Å²) in [5, 5.41) is 1.26. The molecule has 126 valence electrons. The van der Waals surface area contributed by atoms with E-state index in [-0.39, 0.29) is 11.6 Å². The SMILES string of the molecule is CC(C)(C)OC(=O)N1CCN(c2cc(Cl)cc(Cl)c2)CC12CC2. The Morgan fingerprint density at radius 1 is 1.13 bits per heavy atom. The lowest BCUT2D eigenvalue weighted by Gasteiger charge is -2.43. The van der Waals surface area contributed by atoms with Gasteiger partial charge in [-0.1, -0.05) is 23.2 Å². The van der Waals surface area contributed by atoms with E-state index >= 15 is 0 Å². The Bertz CT molecular complexity index is 603. The summed E-state index contributed by atoms with van der Waals surface area (Å²) in [5.74, 6) is 0. The van der Waals surface area contributed by atoms with Gasteiger partial charge in [0.05, 0.1) is 5.54 Å². The molecule has 0 unspecified atom stereocenters. The van der Waals surface area contributed by atoms with E-state index in [1.165, 1.54) is 0 Å². The highest BCUT2D eigenvalue weighted by Gasteiger charge is 2.54. The van der Waals surface area contributed by atoms with Crippen molar-refractivity contribution >= 4 is 35.0 Å². The number of nitrogens with zero attached hydrogens (tertiary/aromatic N) is 2. The first-order chi connectivity index (χ1) is 10.7. The van der Waals surface area contributed by atoms with Crippen LogP contribution in [0.4, 0.5) is 10.5 Å². The number of carbonyl (C=O) groups excluding carboxylic acids is 1. The minimum absolute atomic E-state index is 0.102. The van der Waals surface area contributed by atoms with Crippen molar-refractivity contribution in [3.63, 3.8) is 0 Å². The Hall–Kier alpha value is -1.13. The third kappa shape index (κ3) is 3.69. The molecule has 4 nitrogen and oxygen atoms in total. The molecule has 1 saturated carbocycles. The maximum absolute atomic E-state index is 12.5. The predicted octanol–water partition coefficient (Wildman–Crippen LogP) is 4.58. The molecule has 2 aliphatic rings. The van der Waals surface area contributed by atoms with Crippen molar-refractivity contribution in [3.05, 3.63) is 28.2 Å². The Labute approximate surface area is 147 Å². The van der Waals surface area contributed by atoms with Crippen LogP contribution in [0.1, 0.15) is 33.6 Å². The molecule has 6 heteroatoms. The highest BCUT2D eigenvalue weighted by molar-refractivity contribution is 6.35. The molecule has 1 aromatic carbocycles. The van der Waals surface area contributed by atoms with Crippen LogP contribution in [-0.4, -0.2) is 41.8 Å². The van der Waals surface area contributed by atoms with Crippen LogP contribution in [0.15, 0.2) is 18.2 Å². The summed E-state index contributed by atoms with van der Waals surface area (Å²) in [6.45, 7) is 7.89. The van der Waals surface area contributed by atoms with Gasteiger partial charge in [0.25, 0.3) is 0 Å². The van der Waals surface area contributed by atoms with E-state index in [1.807, 2.05) is 37.8 Å². The summed E-state index contributed by atoms with van der Waals surface area (Å²) in [4.78, 5) is 16.6. The number of carbonyl (C=O) groups is 1. The Balaban J connectivity index is 1.74. The number of hydrogen-bond donors (Lipinski definition) is 0. The molecule has 1 saturated heterocycles. The first kappa shape index (κ1) is 16.7. The van der Waals surface area contributed by atoms with Crippen LogP contribution < -0.4 is 4.90 Å². The van der Waals surface area contributed by atoms with E-state index in [2.05, 4.69) is 4.90 Å². The Kier molecular flexibility index (Phi) is 4.18. The maximum Gasteiger partial charge on any atom is 0.410 e. The highest BCUT2D eigenvalue weighted by atomic mass is 35.5. The number of piperazine rings is 1. The molecule has 23 heavy (non-hydrogen) atoms. The summed E-state index contributed by atoms with van der Waals surface area (Å²) < 4.78 is 5.56. The standard InChI is InChI=1S/C17H22Cl2N2O2/c1-16(2,3)23-15(22)21-7-6-20(11-17(21)4-5-17)14-9-12(18)8-13(19)10-14/h8-10H,4-7,11H2,1-3H3.